The molecule has 42 nitrogen and oxygen atoms in total. The van der Waals surface area contributed by atoms with Gasteiger partial charge in [0.15, 0.2) is 0 Å². The summed E-state index contributed by atoms with van der Waals surface area (Å²) in [4.78, 5) is 215. The van der Waals surface area contributed by atoms with Crippen LogP contribution in [-0.2, 0) is 81.5 Å². The van der Waals surface area contributed by atoms with Gasteiger partial charge in [0.05, 0.1) is 65.1 Å². The van der Waals surface area contributed by atoms with Crippen LogP contribution in [0.2, 0.25) is 0 Å². The normalized spacial score (nSPS) is 14.4. The lowest BCUT2D eigenvalue weighted by molar-refractivity contribution is -0.147. The van der Waals surface area contributed by atoms with Gasteiger partial charge in [-0.2, -0.15) is 0 Å². The number of carboxylic acid groups (broad SMARTS) is 4. The molecule has 94 heavy (non-hydrogen) atoms. The van der Waals surface area contributed by atoms with Crippen LogP contribution >= 0.6 is 0 Å². The van der Waals surface area contributed by atoms with Crippen molar-refractivity contribution in [1.82, 2.24) is 69.1 Å². The minimum atomic E-state index is -1.96. The van der Waals surface area contributed by atoms with Gasteiger partial charge in [0.25, 0.3) is 0 Å². The lowest BCUT2D eigenvalue weighted by Crippen LogP contribution is -2.61. The Morgan fingerprint density at radius 1 is 0.330 bits per heavy atom. The molecule has 0 aromatic rings. The second-order valence-electron chi connectivity index (χ2n) is 21.0. The molecule has 13 amide bonds. The number of carbonyl (C=O) groups excluding carboxylic acids is 13. The molecule has 0 aromatic heterocycles. The summed E-state index contributed by atoms with van der Waals surface area (Å²) in [6.07, 6.45) is -2.34. The van der Waals surface area contributed by atoms with Gasteiger partial charge in [-0.1, -0.05) is 13.8 Å². The van der Waals surface area contributed by atoms with E-state index in [0.29, 0.717) is 12.8 Å². The standard InChI is InChI=1S/C52H88N16O26/c1-24(2)41(51(92)64-29(52(93)94)15-40(81)82)68-47(88)27(8-4-6-14-54)62-49(90)33(22-72)67-46(87)28(10-12-39(79)80)63-48(89)32(21-71)61-37(76)18-57-43(84)30(19-69)60-36(75)17-58-44(85)31(20-70)65-50(91)34(23-73)66-45(86)26(7-3-5-13-53)59-35(74)16-56-42(83)25(55)9-11-38(77)78/h24-34,41,69-73H,3-23,53-55H2,1-2H3,(H,56,83)(H,57,84)(H,58,85)(H,59,74)(H,60,75)(H,61,76)(H,62,90)(H,63,89)(H,64,92)(H,65,91)(H,66,86)(H,67,87)(H,68,88)(H,77,78)(H,79,80)(H,81,82)(H,93,94). The van der Waals surface area contributed by atoms with Crippen molar-refractivity contribution in [2.75, 3.05) is 65.8 Å². The van der Waals surface area contributed by atoms with E-state index in [-0.39, 0.29) is 45.2 Å². The van der Waals surface area contributed by atoms with Crippen molar-refractivity contribution in [3.63, 3.8) is 0 Å². The first-order chi connectivity index (χ1) is 44.2. The largest absolute Gasteiger partial charge is 0.481 e. The van der Waals surface area contributed by atoms with E-state index >= 15 is 0 Å². The summed E-state index contributed by atoms with van der Waals surface area (Å²) in [5.41, 5.74) is 16.7. The van der Waals surface area contributed by atoms with E-state index in [0.717, 1.165) is 0 Å². The first-order valence-corrected chi connectivity index (χ1v) is 29.2. The molecule has 0 radical (unpaired) electrons. The van der Waals surface area contributed by atoms with Gasteiger partial charge < -0.3 is 132 Å². The molecule has 0 aliphatic rings. The fourth-order valence-corrected chi connectivity index (χ4v) is 7.84. The Labute approximate surface area is 535 Å². The van der Waals surface area contributed by atoms with Gasteiger partial charge in [-0.3, -0.25) is 76.7 Å². The van der Waals surface area contributed by atoms with Crippen molar-refractivity contribution in [1.29, 1.82) is 0 Å². The number of aliphatic hydroxyl groups is 5. The molecule has 0 rings (SSSR count). The molecule has 0 bridgehead atoms. The summed E-state index contributed by atoms with van der Waals surface area (Å²) in [7, 11) is 0. The van der Waals surface area contributed by atoms with Gasteiger partial charge in [-0.05, 0) is 70.4 Å². The lowest BCUT2D eigenvalue weighted by Gasteiger charge is -2.28. The summed E-state index contributed by atoms with van der Waals surface area (Å²) < 4.78 is 0. The smallest absolute Gasteiger partial charge is 0.326 e. The van der Waals surface area contributed by atoms with Crippen molar-refractivity contribution in [2.45, 2.75) is 151 Å². The summed E-state index contributed by atoms with van der Waals surface area (Å²) in [6.45, 7) is -5.31. The van der Waals surface area contributed by atoms with Gasteiger partial charge in [0.1, 0.15) is 60.4 Å². The zero-order chi connectivity index (χ0) is 71.8. The summed E-state index contributed by atoms with van der Waals surface area (Å²) in [5, 5.41) is 114. The first kappa shape index (κ1) is 84.7. The number of carbonyl (C=O) groups is 17. The fraction of sp³-hybridized carbons (Fsp3) is 0.673. The van der Waals surface area contributed by atoms with E-state index in [4.69, 9.17) is 27.4 Å². The Balaban J connectivity index is 5.82. The minimum Gasteiger partial charge on any atom is -0.481 e. The summed E-state index contributed by atoms with van der Waals surface area (Å²) in [5.74, 6) is -21.8. The number of nitrogens with one attached hydrogen (secondary N) is 13. The molecule has 42 heteroatoms. The Hall–Kier alpha value is -9.33. The topological polar surface area (TPSA) is 707 Å². The Morgan fingerprint density at radius 2 is 0.628 bits per heavy atom. The third kappa shape index (κ3) is 33.8. The zero-order valence-corrected chi connectivity index (χ0v) is 51.5. The van der Waals surface area contributed by atoms with Crippen molar-refractivity contribution < 1.29 is 127 Å². The highest BCUT2D eigenvalue weighted by molar-refractivity contribution is 5.99. The van der Waals surface area contributed by atoms with Gasteiger partial charge in [0.2, 0.25) is 76.8 Å². The fourth-order valence-electron chi connectivity index (χ4n) is 7.84. The zero-order valence-electron chi connectivity index (χ0n) is 51.5. The molecule has 0 heterocycles. The Bertz CT molecular complexity index is 2620. The number of hydrogen-bond donors (Lipinski definition) is 25. The number of amides is 13. The van der Waals surface area contributed by atoms with Gasteiger partial charge >= 0.3 is 23.9 Å². The molecular formula is C52H88N16O26. The highest BCUT2D eigenvalue weighted by Crippen LogP contribution is 2.09. The first-order valence-electron chi connectivity index (χ1n) is 29.2. The molecule has 11 atom stereocenters. The molecule has 0 spiro atoms. The highest BCUT2D eigenvalue weighted by Gasteiger charge is 2.36. The lowest BCUT2D eigenvalue weighted by atomic mass is 10.0. The summed E-state index contributed by atoms with van der Waals surface area (Å²) >= 11 is 0. The number of unbranched alkanes of at least 4 members (excludes halogenated alkanes) is 2. The van der Waals surface area contributed by atoms with Crippen molar-refractivity contribution in [3.8, 4) is 0 Å². The van der Waals surface area contributed by atoms with Crippen LogP contribution in [0.1, 0.15) is 84.5 Å². The number of nitrogens with two attached hydrogens (primary N) is 3. The molecule has 0 saturated carbocycles. The van der Waals surface area contributed by atoms with Crippen LogP contribution in [0, 0.1) is 5.92 Å². The van der Waals surface area contributed by atoms with Gasteiger partial charge in [-0.15, -0.1) is 0 Å². The monoisotopic (exact) mass is 1350 g/mol. The van der Waals surface area contributed by atoms with Crippen LogP contribution in [0.3, 0.4) is 0 Å². The van der Waals surface area contributed by atoms with Crippen LogP contribution in [0.15, 0.2) is 0 Å². The third-order valence-corrected chi connectivity index (χ3v) is 13.1. The maximum absolute atomic E-state index is 13.6. The molecule has 0 saturated heterocycles. The van der Waals surface area contributed by atoms with Crippen molar-refractivity contribution in [3.05, 3.63) is 0 Å². The molecule has 0 aromatic carbocycles. The molecule has 0 aliphatic heterocycles. The summed E-state index contributed by atoms with van der Waals surface area (Å²) in [6, 6.07) is -18.9. The van der Waals surface area contributed by atoms with Crippen LogP contribution in [0.4, 0.5) is 0 Å². The molecule has 0 aliphatic carbocycles. The van der Waals surface area contributed by atoms with E-state index in [1.54, 1.807) is 0 Å². The van der Waals surface area contributed by atoms with Crippen LogP contribution < -0.4 is 86.3 Å². The van der Waals surface area contributed by atoms with Gasteiger partial charge in [0, 0.05) is 12.8 Å². The molecule has 28 N–H and O–H groups in total. The van der Waals surface area contributed by atoms with E-state index in [1.165, 1.54) is 13.8 Å². The number of carboxylic acids is 4. The number of aliphatic hydroxyl groups excluding tert-OH is 5. The minimum absolute atomic E-state index is 0.0644. The number of aliphatic carboxylic acids is 4. The molecular weight excluding hydrogens is 1260 g/mol. The maximum Gasteiger partial charge on any atom is 0.326 e. The quantitative estimate of drug-likeness (QED) is 0.0252. The van der Waals surface area contributed by atoms with E-state index in [1.807, 2.05) is 31.9 Å². The predicted molar refractivity (Wildman–Crippen MR) is 316 cm³/mol. The third-order valence-electron chi connectivity index (χ3n) is 13.1. The molecule has 0 fully saturated rings. The number of rotatable bonds is 49. The molecule has 532 valence electrons. The van der Waals surface area contributed by atoms with Crippen LogP contribution in [-0.4, -0.2) is 279 Å². The van der Waals surface area contributed by atoms with Crippen LogP contribution in [0.5, 0.6) is 0 Å². The predicted octanol–water partition coefficient (Wildman–Crippen LogP) is -13.3. The van der Waals surface area contributed by atoms with E-state index < -0.39 is 251 Å². The van der Waals surface area contributed by atoms with E-state index in [9.17, 15) is 117 Å². The average molecular weight is 1350 g/mol. The van der Waals surface area contributed by atoms with Crippen molar-refractivity contribution in [2.24, 2.45) is 23.1 Å². The van der Waals surface area contributed by atoms with Gasteiger partial charge in [-0.25, -0.2) is 4.79 Å². The van der Waals surface area contributed by atoms with Crippen LogP contribution in [0.25, 0.3) is 0 Å². The number of hydrogen-bond acceptors (Lipinski definition) is 25. The second-order valence-corrected chi connectivity index (χ2v) is 21.0. The van der Waals surface area contributed by atoms with E-state index in [2.05, 4.69) is 37.2 Å². The SMILES string of the molecule is CC(C)C(NC(=O)C(CCCCN)NC(=O)C(CO)NC(=O)C(CCC(=O)O)NC(=O)C(CO)NC(=O)CNC(=O)C(CO)NC(=O)CNC(=O)C(CO)NC(=O)C(CO)NC(=O)C(CCCCN)NC(=O)CNC(=O)C(N)CCC(=O)O)C(=O)NC(CC(=O)O)C(=O)O. The molecule has 11 unspecified atom stereocenters. The average Bonchev–Trinajstić information content (AvgIpc) is 0.909. The second kappa shape index (κ2) is 45.9. The Kier molecular flexibility index (Phi) is 41.3. The Morgan fingerprint density at radius 3 is 0.989 bits per heavy atom. The highest BCUT2D eigenvalue weighted by atomic mass is 16.4. The maximum atomic E-state index is 13.6. The van der Waals surface area contributed by atoms with Crippen molar-refractivity contribution >= 4 is 101 Å².